The van der Waals surface area contributed by atoms with E-state index >= 15 is 0 Å². The molecule has 0 saturated heterocycles. The highest BCUT2D eigenvalue weighted by molar-refractivity contribution is 9.10. The van der Waals surface area contributed by atoms with Gasteiger partial charge in [-0.15, -0.1) is 6.58 Å². The molecule has 0 aliphatic rings. The summed E-state index contributed by atoms with van der Waals surface area (Å²) < 4.78 is 0.708. The molecule has 4 nitrogen and oxygen atoms in total. The SMILES string of the molecule is C=CCN(CCO)C(=O)Nc1ccc(Cl)c(Br)c1. The third-order valence-corrected chi connectivity index (χ3v) is 3.39. The number of halogens is 2. The first-order valence-corrected chi connectivity index (χ1v) is 6.48. The number of amides is 2. The number of nitrogens with one attached hydrogen (secondary N) is 1. The minimum Gasteiger partial charge on any atom is -0.395 e. The first-order valence-electron chi connectivity index (χ1n) is 5.31. The third-order valence-electron chi connectivity index (χ3n) is 2.18. The van der Waals surface area contributed by atoms with E-state index in [4.69, 9.17) is 16.7 Å². The van der Waals surface area contributed by atoms with E-state index in [1.54, 1.807) is 24.3 Å². The van der Waals surface area contributed by atoms with Gasteiger partial charge in [0.1, 0.15) is 0 Å². The predicted molar refractivity (Wildman–Crippen MR) is 77.0 cm³/mol. The summed E-state index contributed by atoms with van der Waals surface area (Å²) in [7, 11) is 0. The maximum atomic E-state index is 11.9. The molecule has 0 aromatic heterocycles. The molecule has 0 heterocycles. The number of aliphatic hydroxyl groups excluding tert-OH is 1. The molecule has 0 bridgehead atoms. The van der Waals surface area contributed by atoms with Crippen molar-refractivity contribution in [1.82, 2.24) is 4.90 Å². The van der Waals surface area contributed by atoms with Crippen LogP contribution in [0, 0.1) is 0 Å². The van der Waals surface area contributed by atoms with Gasteiger partial charge in [0.05, 0.1) is 11.6 Å². The van der Waals surface area contributed by atoms with Crippen LogP contribution < -0.4 is 5.32 Å². The van der Waals surface area contributed by atoms with Crippen molar-refractivity contribution in [3.8, 4) is 0 Å². The average molecular weight is 334 g/mol. The van der Waals surface area contributed by atoms with Crippen LogP contribution in [0.25, 0.3) is 0 Å². The molecule has 0 fully saturated rings. The number of urea groups is 1. The lowest BCUT2D eigenvalue weighted by Crippen LogP contribution is -2.37. The maximum Gasteiger partial charge on any atom is 0.322 e. The van der Waals surface area contributed by atoms with E-state index in [0.717, 1.165) is 0 Å². The van der Waals surface area contributed by atoms with Gasteiger partial charge in [-0.05, 0) is 34.1 Å². The lowest BCUT2D eigenvalue weighted by molar-refractivity contribution is 0.195. The third kappa shape index (κ3) is 4.33. The Kier molecular flexibility index (Phi) is 6.18. The summed E-state index contributed by atoms with van der Waals surface area (Å²) in [5.74, 6) is 0. The summed E-state index contributed by atoms with van der Waals surface area (Å²) >= 11 is 9.14. The highest BCUT2D eigenvalue weighted by Gasteiger charge is 2.11. The molecule has 1 aromatic carbocycles. The van der Waals surface area contributed by atoms with Crippen LogP contribution in [0.2, 0.25) is 5.02 Å². The Morgan fingerprint density at radius 3 is 2.89 bits per heavy atom. The molecule has 0 aliphatic carbocycles. The highest BCUT2D eigenvalue weighted by atomic mass is 79.9. The zero-order chi connectivity index (χ0) is 13.5. The van der Waals surface area contributed by atoms with Crippen LogP contribution >= 0.6 is 27.5 Å². The number of hydrogen-bond acceptors (Lipinski definition) is 2. The molecule has 0 atom stereocenters. The van der Waals surface area contributed by atoms with Gasteiger partial charge in [0.15, 0.2) is 0 Å². The second-order valence-electron chi connectivity index (χ2n) is 3.52. The number of carbonyl (C=O) groups is 1. The van der Waals surface area contributed by atoms with Crippen LogP contribution in [0.3, 0.4) is 0 Å². The highest BCUT2D eigenvalue weighted by Crippen LogP contribution is 2.25. The van der Waals surface area contributed by atoms with E-state index < -0.39 is 0 Å². The summed E-state index contributed by atoms with van der Waals surface area (Å²) in [6.45, 7) is 4.11. The quantitative estimate of drug-likeness (QED) is 0.814. The zero-order valence-electron chi connectivity index (χ0n) is 9.70. The normalized spacial score (nSPS) is 9.94. The van der Waals surface area contributed by atoms with E-state index in [1.165, 1.54) is 4.90 Å². The minimum atomic E-state index is -0.293. The van der Waals surface area contributed by atoms with Crippen LogP contribution in [0.15, 0.2) is 35.3 Å². The van der Waals surface area contributed by atoms with Gasteiger partial charge in [-0.1, -0.05) is 17.7 Å². The topological polar surface area (TPSA) is 52.6 Å². The summed E-state index contributed by atoms with van der Waals surface area (Å²) in [5.41, 5.74) is 0.628. The summed E-state index contributed by atoms with van der Waals surface area (Å²) in [5, 5.41) is 12.2. The number of anilines is 1. The fourth-order valence-corrected chi connectivity index (χ4v) is 1.83. The van der Waals surface area contributed by atoms with Crippen molar-refractivity contribution in [1.29, 1.82) is 0 Å². The number of nitrogens with zero attached hydrogens (tertiary/aromatic N) is 1. The van der Waals surface area contributed by atoms with Crippen LogP contribution in [0.4, 0.5) is 10.5 Å². The molecule has 6 heteroatoms. The minimum absolute atomic E-state index is 0.0917. The van der Waals surface area contributed by atoms with E-state index in [1.807, 2.05) is 0 Å². The van der Waals surface area contributed by atoms with Gasteiger partial charge in [0.2, 0.25) is 0 Å². The van der Waals surface area contributed by atoms with E-state index in [9.17, 15) is 4.79 Å². The number of rotatable bonds is 5. The molecule has 2 N–H and O–H groups in total. The summed E-state index contributed by atoms with van der Waals surface area (Å²) in [4.78, 5) is 13.4. The van der Waals surface area contributed by atoms with Crippen LogP contribution in [-0.2, 0) is 0 Å². The van der Waals surface area contributed by atoms with Gasteiger partial charge in [0.25, 0.3) is 0 Å². The van der Waals surface area contributed by atoms with Crippen LogP contribution in [0.5, 0.6) is 0 Å². The van der Waals surface area contributed by atoms with E-state index in [-0.39, 0.29) is 19.2 Å². The second kappa shape index (κ2) is 7.41. The molecule has 18 heavy (non-hydrogen) atoms. The van der Waals surface area contributed by atoms with Gasteiger partial charge in [0, 0.05) is 23.2 Å². The Balaban J connectivity index is 2.72. The average Bonchev–Trinajstić information content (AvgIpc) is 2.33. The van der Waals surface area contributed by atoms with E-state index in [2.05, 4.69) is 27.8 Å². The van der Waals surface area contributed by atoms with Gasteiger partial charge >= 0.3 is 6.03 Å². The van der Waals surface area contributed by atoms with Gasteiger partial charge in [-0.25, -0.2) is 4.79 Å². The maximum absolute atomic E-state index is 11.9. The first kappa shape index (κ1) is 15.0. The number of benzene rings is 1. The molecule has 98 valence electrons. The van der Waals surface area contributed by atoms with Crippen molar-refractivity contribution >= 4 is 39.2 Å². The summed E-state index contributed by atoms with van der Waals surface area (Å²) in [6, 6.07) is 4.81. The Bertz CT molecular complexity index is 440. The number of carbonyl (C=O) groups excluding carboxylic acids is 1. The van der Waals surface area contributed by atoms with E-state index in [0.29, 0.717) is 21.7 Å². The van der Waals surface area contributed by atoms with Gasteiger partial charge in [-0.3, -0.25) is 0 Å². The Morgan fingerprint density at radius 1 is 1.61 bits per heavy atom. The molecule has 1 aromatic rings. The molecule has 0 spiro atoms. The molecule has 2 amide bonds. The van der Waals surface area contributed by atoms with Crippen molar-refractivity contribution in [2.24, 2.45) is 0 Å². The molecule has 0 saturated carbocycles. The van der Waals surface area contributed by atoms with Gasteiger partial charge < -0.3 is 15.3 Å². The Morgan fingerprint density at radius 2 is 2.33 bits per heavy atom. The fourth-order valence-electron chi connectivity index (χ4n) is 1.33. The Hall–Kier alpha value is -1.04. The second-order valence-corrected chi connectivity index (χ2v) is 4.78. The lowest BCUT2D eigenvalue weighted by atomic mass is 10.3. The lowest BCUT2D eigenvalue weighted by Gasteiger charge is -2.20. The van der Waals surface area contributed by atoms with Gasteiger partial charge in [-0.2, -0.15) is 0 Å². The van der Waals surface area contributed by atoms with Crippen molar-refractivity contribution in [2.75, 3.05) is 25.0 Å². The number of aliphatic hydroxyl groups is 1. The summed E-state index contributed by atoms with van der Waals surface area (Å²) in [6.07, 6.45) is 1.60. The van der Waals surface area contributed by atoms with Crippen molar-refractivity contribution in [3.05, 3.63) is 40.3 Å². The molecule has 0 unspecified atom stereocenters. The fraction of sp³-hybridized carbons (Fsp3) is 0.250. The first-order chi connectivity index (χ1) is 8.58. The molecule has 1 rings (SSSR count). The Labute approximate surface area is 119 Å². The standard InChI is InChI=1S/C12H14BrClN2O2/c1-2-5-16(6-7-17)12(18)15-9-3-4-11(14)10(13)8-9/h2-4,8,17H,1,5-7H2,(H,15,18). The zero-order valence-corrected chi connectivity index (χ0v) is 12.0. The predicted octanol–water partition coefficient (Wildman–Crippen LogP) is 3.11. The smallest absolute Gasteiger partial charge is 0.322 e. The molecule has 0 aliphatic heterocycles. The molecule has 0 radical (unpaired) electrons. The largest absolute Gasteiger partial charge is 0.395 e. The van der Waals surface area contributed by atoms with Crippen molar-refractivity contribution in [2.45, 2.75) is 0 Å². The van der Waals surface area contributed by atoms with Crippen LogP contribution in [0.1, 0.15) is 0 Å². The molecular formula is C12H14BrClN2O2. The van der Waals surface area contributed by atoms with Crippen molar-refractivity contribution < 1.29 is 9.90 Å². The van der Waals surface area contributed by atoms with Crippen LogP contribution in [-0.4, -0.2) is 35.7 Å². The number of hydrogen-bond donors (Lipinski definition) is 2. The molecular weight excluding hydrogens is 320 g/mol. The van der Waals surface area contributed by atoms with Crippen molar-refractivity contribution in [3.63, 3.8) is 0 Å². The monoisotopic (exact) mass is 332 g/mol.